The number of halogens is 1. The number of nitrogens with one attached hydrogen (secondary N) is 1. The number of hydrogen-bond donors (Lipinski definition) is 2. The molecule has 0 saturated heterocycles. The van der Waals surface area contributed by atoms with E-state index in [4.69, 9.17) is 10.5 Å². The molecule has 1 amide bonds. The van der Waals surface area contributed by atoms with E-state index < -0.39 is 0 Å². The third-order valence-corrected chi connectivity index (χ3v) is 8.40. The summed E-state index contributed by atoms with van der Waals surface area (Å²) in [5.74, 6) is 1.64. The Balaban J connectivity index is 0.00000320. The lowest BCUT2D eigenvalue weighted by atomic mass is 9.87. The van der Waals surface area contributed by atoms with Gasteiger partial charge in [0.15, 0.2) is 0 Å². The lowest BCUT2D eigenvalue weighted by molar-refractivity contribution is -0.122. The zero-order valence-corrected chi connectivity index (χ0v) is 22.8. The molecule has 0 radical (unpaired) electrons. The Hall–Kier alpha value is -2.50. The lowest BCUT2D eigenvalue weighted by Gasteiger charge is -2.27. The van der Waals surface area contributed by atoms with E-state index in [2.05, 4.69) is 52.5 Å². The standard InChI is InChI=1S/C31H41N3O2.ClH/c1-36-26-11-7-10-23(18-26)28(19-31(35)33-25-16-14-24(32)15-17-25)29-21-34(20-22-8-3-2-4-9-22)30-13-6-5-12-27(29)30;/h5-7,10-13,18,21-22,24-25,28H,2-4,8-9,14-17,19-20,32H2,1H3,(H,33,35);1H. The van der Waals surface area contributed by atoms with Gasteiger partial charge in [-0.3, -0.25) is 4.79 Å². The van der Waals surface area contributed by atoms with Crippen molar-refractivity contribution in [3.05, 3.63) is 65.9 Å². The minimum atomic E-state index is -0.0385. The van der Waals surface area contributed by atoms with Gasteiger partial charge in [0.05, 0.1) is 7.11 Å². The second-order valence-corrected chi connectivity index (χ2v) is 11.0. The fourth-order valence-corrected chi connectivity index (χ4v) is 6.35. The number of nitrogens with two attached hydrogens (primary N) is 1. The van der Waals surface area contributed by atoms with Gasteiger partial charge in [0, 0.05) is 48.1 Å². The van der Waals surface area contributed by atoms with Gasteiger partial charge in [-0.15, -0.1) is 12.4 Å². The fraction of sp³-hybridized carbons (Fsp3) is 0.516. The van der Waals surface area contributed by atoms with Crippen LogP contribution in [0.25, 0.3) is 10.9 Å². The highest BCUT2D eigenvalue weighted by Crippen LogP contribution is 2.37. The number of benzene rings is 2. The highest BCUT2D eigenvalue weighted by molar-refractivity contribution is 5.87. The van der Waals surface area contributed by atoms with E-state index in [1.54, 1.807) is 7.11 Å². The maximum Gasteiger partial charge on any atom is 0.221 e. The summed E-state index contributed by atoms with van der Waals surface area (Å²) >= 11 is 0. The Morgan fingerprint density at radius 2 is 1.78 bits per heavy atom. The normalized spacial score (nSPS) is 21.2. The predicted octanol–water partition coefficient (Wildman–Crippen LogP) is 6.56. The molecule has 3 N–H and O–H groups in total. The Morgan fingerprint density at radius 3 is 2.54 bits per heavy atom. The van der Waals surface area contributed by atoms with Crippen LogP contribution in [-0.2, 0) is 11.3 Å². The second-order valence-electron chi connectivity index (χ2n) is 11.0. The number of para-hydroxylation sites is 1. The Bertz CT molecular complexity index is 1160. The number of nitrogens with zero attached hydrogens (tertiary/aromatic N) is 1. The highest BCUT2D eigenvalue weighted by atomic mass is 35.5. The van der Waals surface area contributed by atoms with Gasteiger partial charge in [-0.2, -0.15) is 0 Å². The molecule has 1 aromatic heterocycles. The maximum atomic E-state index is 13.4. The summed E-state index contributed by atoms with van der Waals surface area (Å²) < 4.78 is 8.01. The first-order chi connectivity index (χ1) is 17.6. The molecular weight excluding hydrogens is 482 g/mol. The number of fused-ring (bicyclic) bond motifs is 1. The molecule has 0 aliphatic heterocycles. The van der Waals surface area contributed by atoms with E-state index in [0.29, 0.717) is 6.42 Å². The van der Waals surface area contributed by atoms with E-state index in [0.717, 1.165) is 49.5 Å². The largest absolute Gasteiger partial charge is 0.497 e. The number of amides is 1. The molecule has 37 heavy (non-hydrogen) atoms. The highest BCUT2D eigenvalue weighted by Gasteiger charge is 2.26. The second kappa shape index (κ2) is 12.8. The van der Waals surface area contributed by atoms with Gasteiger partial charge < -0.3 is 20.4 Å². The predicted molar refractivity (Wildman–Crippen MR) is 154 cm³/mol. The summed E-state index contributed by atoms with van der Waals surface area (Å²) in [7, 11) is 1.70. The molecular formula is C31H42ClN3O2. The van der Waals surface area contributed by atoms with Crippen LogP contribution in [0.3, 0.4) is 0 Å². The van der Waals surface area contributed by atoms with Gasteiger partial charge in [0.25, 0.3) is 0 Å². The number of methoxy groups -OCH3 is 1. The van der Waals surface area contributed by atoms with Crippen molar-refractivity contribution in [2.75, 3.05) is 7.11 Å². The maximum absolute atomic E-state index is 13.4. The van der Waals surface area contributed by atoms with Crippen LogP contribution in [-0.4, -0.2) is 29.7 Å². The minimum absolute atomic E-state index is 0. The molecule has 3 aromatic rings. The van der Waals surface area contributed by atoms with Crippen molar-refractivity contribution in [1.29, 1.82) is 0 Å². The first kappa shape index (κ1) is 27.5. The molecule has 2 aromatic carbocycles. The zero-order chi connectivity index (χ0) is 24.9. The lowest BCUT2D eigenvalue weighted by Crippen LogP contribution is -2.40. The van der Waals surface area contributed by atoms with Crippen LogP contribution in [0.15, 0.2) is 54.7 Å². The van der Waals surface area contributed by atoms with Crippen molar-refractivity contribution in [3.63, 3.8) is 0 Å². The van der Waals surface area contributed by atoms with Crippen molar-refractivity contribution in [2.24, 2.45) is 11.7 Å². The number of carbonyl (C=O) groups is 1. The molecule has 0 spiro atoms. The fourth-order valence-electron chi connectivity index (χ4n) is 6.35. The quantitative estimate of drug-likeness (QED) is 0.351. The molecule has 5 nitrogen and oxygen atoms in total. The van der Waals surface area contributed by atoms with Gasteiger partial charge in [-0.25, -0.2) is 0 Å². The van der Waals surface area contributed by atoms with Crippen molar-refractivity contribution < 1.29 is 9.53 Å². The molecule has 1 unspecified atom stereocenters. The smallest absolute Gasteiger partial charge is 0.221 e. The average Bonchev–Trinajstić information content (AvgIpc) is 3.27. The average molecular weight is 524 g/mol. The number of ether oxygens (including phenoxy) is 1. The van der Waals surface area contributed by atoms with Gasteiger partial charge in [0.1, 0.15) is 5.75 Å². The van der Waals surface area contributed by atoms with Crippen molar-refractivity contribution in [2.45, 2.75) is 88.8 Å². The van der Waals surface area contributed by atoms with E-state index in [-0.39, 0.29) is 36.3 Å². The first-order valence-electron chi connectivity index (χ1n) is 13.9. The van der Waals surface area contributed by atoms with Crippen LogP contribution in [0.2, 0.25) is 0 Å². The van der Waals surface area contributed by atoms with Crippen molar-refractivity contribution in [3.8, 4) is 5.75 Å². The van der Waals surface area contributed by atoms with Crippen LogP contribution in [0.5, 0.6) is 5.75 Å². The van der Waals surface area contributed by atoms with E-state index in [1.807, 2.05) is 12.1 Å². The summed E-state index contributed by atoms with van der Waals surface area (Å²) in [6.45, 7) is 1.06. The van der Waals surface area contributed by atoms with Gasteiger partial charge in [-0.05, 0) is 73.8 Å². The van der Waals surface area contributed by atoms with E-state index in [9.17, 15) is 4.79 Å². The molecule has 2 fully saturated rings. The Labute approximate surface area is 227 Å². The van der Waals surface area contributed by atoms with E-state index >= 15 is 0 Å². The Kier molecular flexibility index (Phi) is 9.55. The number of aromatic nitrogens is 1. The Morgan fingerprint density at radius 1 is 1.03 bits per heavy atom. The number of hydrogen-bond acceptors (Lipinski definition) is 3. The molecule has 2 aliphatic carbocycles. The number of carbonyl (C=O) groups excluding carboxylic acids is 1. The molecule has 5 rings (SSSR count). The topological polar surface area (TPSA) is 69.3 Å². The van der Waals surface area contributed by atoms with Crippen LogP contribution >= 0.6 is 12.4 Å². The van der Waals surface area contributed by atoms with E-state index in [1.165, 1.54) is 48.6 Å². The summed E-state index contributed by atoms with van der Waals surface area (Å²) in [6.07, 6.45) is 13.3. The molecule has 6 heteroatoms. The summed E-state index contributed by atoms with van der Waals surface area (Å²) in [4.78, 5) is 13.4. The van der Waals surface area contributed by atoms with Crippen LogP contribution in [0.4, 0.5) is 0 Å². The molecule has 2 saturated carbocycles. The first-order valence-corrected chi connectivity index (χ1v) is 13.9. The van der Waals surface area contributed by atoms with Crippen LogP contribution in [0, 0.1) is 5.92 Å². The molecule has 1 atom stereocenters. The minimum Gasteiger partial charge on any atom is -0.497 e. The monoisotopic (exact) mass is 523 g/mol. The zero-order valence-electron chi connectivity index (χ0n) is 22.0. The van der Waals surface area contributed by atoms with Crippen LogP contribution in [0.1, 0.15) is 81.3 Å². The third-order valence-electron chi connectivity index (χ3n) is 8.40. The van der Waals surface area contributed by atoms with Gasteiger partial charge in [0.2, 0.25) is 5.91 Å². The SMILES string of the molecule is COc1cccc(C(CC(=O)NC2CCC(N)CC2)c2cn(CC3CCCCC3)c3ccccc23)c1.Cl. The third kappa shape index (κ3) is 6.69. The molecule has 1 heterocycles. The van der Waals surface area contributed by atoms with Crippen LogP contribution < -0.4 is 15.8 Å². The molecule has 200 valence electrons. The molecule has 2 aliphatic rings. The van der Waals surface area contributed by atoms with Crippen molar-refractivity contribution >= 4 is 29.2 Å². The molecule has 0 bridgehead atoms. The van der Waals surface area contributed by atoms with Gasteiger partial charge >= 0.3 is 0 Å². The van der Waals surface area contributed by atoms with Gasteiger partial charge in [-0.1, -0.05) is 49.6 Å². The van der Waals surface area contributed by atoms with Crippen molar-refractivity contribution in [1.82, 2.24) is 9.88 Å². The number of rotatable bonds is 8. The summed E-state index contributed by atoms with van der Waals surface area (Å²) in [6, 6.07) is 17.4. The summed E-state index contributed by atoms with van der Waals surface area (Å²) in [5, 5.41) is 4.57. The summed E-state index contributed by atoms with van der Waals surface area (Å²) in [5.41, 5.74) is 9.71.